The molecule has 0 spiro atoms. The van der Waals surface area contributed by atoms with Gasteiger partial charge in [-0.2, -0.15) is 0 Å². The molecule has 1 saturated heterocycles. The summed E-state index contributed by atoms with van der Waals surface area (Å²) in [6.45, 7) is 2.07. The van der Waals surface area contributed by atoms with Gasteiger partial charge in [-0.15, -0.1) is 0 Å². The first-order chi connectivity index (χ1) is 5.20. The van der Waals surface area contributed by atoms with Crippen molar-refractivity contribution >= 4 is 11.8 Å². The molecule has 11 heavy (non-hydrogen) atoms. The van der Waals surface area contributed by atoms with Crippen molar-refractivity contribution in [3.63, 3.8) is 0 Å². The second kappa shape index (κ2) is 3.51. The van der Waals surface area contributed by atoms with E-state index in [9.17, 15) is 9.59 Å². The predicted octanol–water partition coefficient (Wildman–Crippen LogP) is 0.919. The number of carbonyl (C=O) groups is 2. The average molecular weight is 156 g/mol. The third-order valence-electron chi connectivity index (χ3n) is 1.89. The van der Waals surface area contributed by atoms with E-state index in [4.69, 9.17) is 4.74 Å². The van der Waals surface area contributed by atoms with Crippen LogP contribution in [0.5, 0.6) is 0 Å². The summed E-state index contributed by atoms with van der Waals surface area (Å²) in [5.41, 5.74) is 0. The average Bonchev–Trinajstić information content (AvgIpc) is 2.31. The molecule has 0 aromatic carbocycles. The molecule has 0 radical (unpaired) electrons. The molecular formula is C8H12O3. The van der Waals surface area contributed by atoms with E-state index in [1.165, 1.54) is 0 Å². The summed E-state index contributed by atoms with van der Waals surface area (Å²) in [6, 6.07) is 0. The summed E-state index contributed by atoms with van der Waals surface area (Å²) in [5.74, 6) is -0.00477. The van der Waals surface area contributed by atoms with Crippen molar-refractivity contribution in [2.75, 3.05) is 6.61 Å². The second-order valence-corrected chi connectivity index (χ2v) is 2.89. The van der Waals surface area contributed by atoms with Crippen molar-refractivity contribution in [1.82, 2.24) is 0 Å². The molecule has 1 heterocycles. The molecule has 0 amide bonds. The fourth-order valence-corrected chi connectivity index (χ4v) is 1.18. The smallest absolute Gasteiger partial charge is 0.309 e. The maximum absolute atomic E-state index is 10.9. The van der Waals surface area contributed by atoms with Crippen molar-refractivity contribution in [1.29, 1.82) is 0 Å². The number of esters is 1. The van der Waals surface area contributed by atoms with Crippen LogP contribution in [-0.2, 0) is 14.3 Å². The minimum absolute atomic E-state index is 0.0149. The lowest BCUT2D eigenvalue weighted by atomic mass is 10.0. The zero-order valence-electron chi connectivity index (χ0n) is 6.63. The van der Waals surface area contributed by atoms with E-state index in [0.29, 0.717) is 19.4 Å². The van der Waals surface area contributed by atoms with Gasteiger partial charge >= 0.3 is 5.97 Å². The van der Waals surface area contributed by atoms with Gasteiger partial charge in [0.05, 0.1) is 12.5 Å². The zero-order chi connectivity index (χ0) is 8.27. The highest BCUT2D eigenvalue weighted by Crippen LogP contribution is 2.19. The highest BCUT2D eigenvalue weighted by molar-refractivity contribution is 5.78. The van der Waals surface area contributed by atoms with Crippen LogP contribution in [0.25, 0.3) is 0 Å². The van der Waals surface area contributed by atoms with E-state index in [1.54, 1.807) is 6.92 Å². The first-order valence-corrected chi connectivity index (χ1v) is 3.86. The molecule has 0 aromatic rings. The molecule has 0 aromatic heterocycles. The third kappa shape index (κ3) is 2.33. The first kappa shape index (κ1) is 8.24. The lowest BCUT2D eigenvalue weighted by Crippen LogP contribution is -2.08. The van der Waals surface area contributed by atoms with Crippen LogP contribution in [0.4, 0.5) is 0 Å². The van der Waals surface area contributed by atoms with Gasteiger partial charge in [-0.05, 0) is 19.8 Å². The Bertz CT molecular complexity index is 174. The van der Waals surface area contributed by atoms with Crippen LogP contribution < -0.4 is 0 Å². The number of ether oxygens (including phenoxy) is 1. The Morgan fingerprint density at radius 2 is 2.45 bits per heavy atom. The van der Waals surface area contributed by atoms with Crippen LogP contribution in [-0.4, -0.2) is 18.4 Å². The topological polar surface area (TPSA) is 43.4 Å². The van der Waals surface area contributed by atoms with Gasteiger partial charge in [-0.1, -0.05) is 0 Å². The Morgan fingerprint density at radius 3 is 2.91 bits per heavy atom. The molecule has 3 heteroatoms. The van der Waals surface area contributed by atoms with Gasteiger partial charge in [0.2, 0.25) is 0 Å². The van der Waals surface area contributed by atoms with Gasteiger partial charge in [-0.3, -0.25) is 4.79 Å². The highest BCUT2D eigenvalue weighted by Gasteiger charge is 2.25. The van der Waals surface area contributed by atoms with Gasteiger partial charge in [0.1, 0.15) is 5.78 Å². The van der Waals surface area contributed by atoms with E-state index >= 15 is 0 Å². The number of Topliss-reactive ketones (excluding diaryl/α,β-unsaturated/α-hetero) is 1. The predicted molar refractivity (Wildman–Crippen MR) is 39.0 cm³/mol. The van der Waals surface area contributed by atoms with Crippen molar-refractivity contribution in [2.24, 2.45) is 5.92 Å². The molecule has 3 nitrogen and oxygen atoms in total. The number of ketones is 1. The lowest BCUT2D eigenvalue weighted by Gasteiger charge is -2.01. The number of rotatable bonds is 3. The van der Waals surface area contributed by atoms with Gasteiger partial charge in [0.25, 0.3) is 0 Å². The van der Waals surface area contributed by atoms with Gasteiger partial charge in [0, 0.05) is 6.42 Å². The van der Waals surface area contributed by atoms with Crippen molar-refractivity contribution in [2.45, 2.75) is 26.2 Å². The standard InChI is InChI=1S/C8H12O3/c1-6(9)2-3-7-4-5-11-8(7)10/h7H,2-5H2,1H3. The van der Waals surface area contributed by atoms with Gasteiger partial charge in [-0.25, -0.2) is 0 Å². The molecule has 0 N–H and O–H groups in total. The molecule has 1 unspecified atom stereocenters. The number of carbonyl (C=O) groups excluding carboxylic acids is 2. The van der Waals surface area contributed by atoms with E-state index in [0.717, 1.165) is 6.42 Å². The van der Waals surface area contributed by atoms with E-state index in [2.05, 4.69) is 0 Å². The number of hydrogen-bond acceptors (Lipinski definition) is 3. The molecule has 1 fully saturated rings. The minimum Gasteiger partial charge on any atom is -0.465 e. The summed E-state index contributed by atoms with van der Waals surface area (Å²) in [6.07, 6.45) is 1.94. The minimum atomic E-state index is -0.133. The summed E-state index contributed by atoms with van der Waals surface area (Å²) in [5, 5.41) is 0. The number of hydrogen-bond donors (Lipinski definition) is 0. The maximum Gasteiger partial charge on any atom is 0.309 e. The summed E-state index contributed by atoms with van der Waals surface area (Å²) in [4.78, 5) is 21.4. The van der Waals surface area contributed by atoms with Crippen molar-refractivity contribution in [3.8, 4) is 0 Å². The molecule has 1 aliphatic rings. The Balaban J connectivity index is 2.26. The largest absolute Gasteiger partial charge is 0.465 e. The zero-order valence-corrected chi connectivity index (χ0v) is 6.63. The fraction of sp³-hybridized carbons (Fsp3) is 0.750. The summed E-state index contributed by atoms with van der Waals surface area (Å²) >= 11 is 0. The quantitative estimate of drug-likeness (QED) is 0.570. The molecule has 0 bridgehead atoms. The molecule has 62 valence electrons. The third-order valence-corrected chi connectivity index (χ3v) is 1.89. The van der Waals surface area contributed by atoms with Crippen LogP contribution in [0.15, 0.2) is 0 Å². The van der Waals surface area contributed by atoms with Gasteiger partial charge < -0.3 is 9.53 Å². The Morgan fingerprint density at radius 1 is 1.73 bits per heavy atom. The molecule has 1 rings (SSSR count). The lowest BCUT2D eigenvalue weighted by molar-refractivity contribution is -0.141. The van der Waals surface area contributed by atoms with Gasteiger partial charge in [0.15, 0.2) is 0 Å². The fourth-order valence-electron chi connectivity index (χ4n) is 1.18. The summed E-state index contributed by atoms with van der Waals surface area (Å²) in [7, 11) is 0. The van der Waals surface area contributed by atoms with Crippen LogP contribution in [0.2, 0.25) is 0 Å². The van der Waals surface area contributed by atoms with Crippen LogP contribution in [0.1, 0.15) is 26.2 Å². The SMILES string of the molecule is CC(=O)CCC1CCOC1=O. The Kier molecular flexibility index (Phi) is 2.63. The molecule has 1 aliphatic heterocycles. The van der Waals surface area contributed by atoms with Crippen LogP contribution >= 0.6 is 0 Å². The Hall–Kier alpha value is -0.860. The molecule has 1 atom stereocenters. The second-order valence-electron chi connectivity index (χ2n) is 2.89. The monoisotopic (exact) mass is 156 g/mol. The van der Waals surface area contributed by atoms with E-state index in [1.807, 2.05) is 0 Å². The first-order valence-electron chi connectivity index (χ1n) is 3.86. The Labute approximate surface area is 65.7 Å². The summed E-state index contributed by atoms with van der Waals surface area (Å²) < 4.78 is 4.75. The van der Waals surface area contributed by atoms with E-state index in [-0.39, 0.29) is 17.7 Å². The maximum atomic E-state index is 10.9. The van der Waals surface area contributed by atoms with Crippen LogP contribution in [0.3, 0.4) is 0 Å². The van der Waals surface area contributed by atoms with E-state index < -0.39 is 0 Å². The number of cyclic esters (lactones) is 1. The molecular weight excluding hydrogens is 144 g/mol. The van der Waals surface area contributed by atoms with Crippen LogP contribution in [0, 0.1) is 5.92 Å². The van der Waals surface area contributed by atoms with Crippen molar-refractivity contribution < 1.29 is 14.3 Å². The molecule has 0 saturated carbocycles. The van der Waals surface area contributed by atoms with Crippen molar-refractivity contribution in [3.05, 3.63) is 0 Å². The normalized spacial score (nSPS) is 23.4. The highest BCUT2D eigenvalue weighted by atomic mass is 16.5. The molecule has 0 aliphatic carbocycles.